The van der Waals surface area contributed by atoms with E-state index in [0.29, 0.717) is 29.1 Å². The molecule has 0 spiro atoms. The molecule has 9 nitrogen and oxygen atoms in total. The summed E-state index contributed by atoms with van der Waals surface area (Å²) in [6.07, 6.45) is 1.64. The van der Waals surface area contributed by atoms with E-state index in [2.05, 4.69) is 39.8 Å². The van der Waals surface area contributed by atoms with Crippen LogP contribution in [0.2, 0.25) is 0 Å². The molecular weight excluding hydrogens is 538 g/mol. The molecule has 0 aliphatic rings. The van der Waals surface area contributed by atoms with Gasteiger partial charge in [-0.1, -0.05) is 74.0 Å². The second-order valence-corrected chi connectivity index (χ2v) is 10.4. The van der Waals surface area contributed by atoms with Gasteiger partial charge in [-0.2, -0.15) is 10.1 Å². The van der Waals surface area contributed by atoms with Crippen molar-refractivity contribution >= 4 is 39.9 Å². The molecule has 214 valence electrons. The number of nitrogens with one attached hydrogen (secondary N) is 3. The van der Waals surface area contributed by atoms with E-state index in [9.17, 15) is 4.79 Å². The molecule has 0 unspecified atom stereocenters. The van der Waals surface area contributed by atoms with Crippen molar-refractivity contribution in [2.75, 3.05) is 16.0 Å². The average Bonchev–Trinajstić information content (AvgIpc) is 3.43. The van der Waals surface area contributed by atoms with E-state index >= 15 is 0 Å². The van der Waals surface area contributed by atoms with Gasteiger partial charge in [0.2, 0.25) is 11.8 Å². The lowest BCUT2D eigenvalue weighted by molar-refractivity contribution is 0.262. The molecule has 6 rings (SSSR count). The molecule has 0 radical (unpaired) electrons. The summed E-state index contributed by atoms with van der Waals surface area (Å²) >= 11 is 0. The van der Waals surface area contributed by atoms with Crippen LogP contribution in [-0.2, 0) is 0 Å². The second kappa shape index (κ2) is 12.0. The summed E-state index contributed by atoms with van der Waals surface area (Å²) in [7, 11) is 0. The van der Waals surface area contributed by atoms with Crippen LogP contribution in [0.25, 0.3) is 16.5 Å². The van der Waals surface area contributed by atoms with Crippen LogP contribution in [0, 0.1) is 6.92 Å². The van der Waals surface area contributed by atoms with Crippen LogP contribution < -0.4 is 20.7 Å². The Labute approximate surface area is 249 Å². The zero-order chi connectivity index (χ0) is 29.8. The average molecular weight is 570 g/mol. The first kappa shape index (κ1) is 27.5. The SMILES string of the molecule is Cc1ccc(-n2nc(C(C)C)cc2NC(=O)Nc2ccc(Oc3ccnc(Nc4ccccc4)n3)c3ccccc23)cc1. The van der Waals surface area contributed by atoms with Crippen LogP contribution in [0.5, 0.6) is 11.6 Å². The lowest BCUT2D eigenvalue weighted by atomic mass is 10.1. The van der Waals surface area contributed by atoms with Crippen LogP contribution >= 0.6 is 0 Å². The Hall–Kier alpha value is -5.70. The second-order valence-electron chi connectivity index (χ2n) is 10.4. The van der Waals surface area contributed by atoms with Gasteiger partial charge in [0.25, 0.3) is 0 Å². The summed E-state index contributed by atoms with van der Waals surface area (Å²) in [4.78, 5) is 22.1. The van der Waals surface area contributed by atoms with E-state index in [-0.39, 0.29) is 11.9 Å². The van der Waals surface area contributed by atoms with E-state index in [1.165, 1.54) is 0 Å². The number of hydrogen-bond acceptors (Lipinski definition) is 6. The van der Waals surface area contributed by atoms with Crippen molar-refractivity contribution in [3.8, 4) is 17.3 Å². The highest BCUT2D eigenvalue weighted by molar-refractivity contribution is 6.07. The fourth-order valence-electron chi connectivity index (χ4n) is 4.62. The minimum atomic E-state index is -0.380. The summed E-state index contributed by atoms with van der Waals surface area (Å²) in [6, 6.07) is 32.3. The topological polar surface area (TPSA) is 106 Å². The van der Waals surface area contributed by atoms with Gasteiger partial charge in [0.15, 0.2) is 0 Å². The third kappa shape index (κ3) is 6.31. The zero-order valence-corrected chi connectivity index (χ0v) is 24.1. The van der Waals surface area contributed by atoms with Crippen molar-refractivity contribution in [2.24, 2.45) is 0 Å². The fourth-order valence-corrected chi connectivity index (χ4v) is 4.62. The van der Waals surface area contributed by atoms with Gasteiger partial charge in [-0.25, -0.2) is 14.5 Å². The molecule has 0 atom stereocenters. The van der Waals surface area contributed by atoms with Gasteiger partial charge >= 0.3 is 6.03 Å². The van der Waals surface area contributed by atoms with Crippen molar-refractivity contribution < 1.29 is 9.53 Å². The highest BCUT2D eigenvalue weighted by Gasteiger charge is 2.16. The molecule has 0 aliphatic carbocycles. The Kier molecular flexibility index (Phi) is 7.69. The monoisotopic (exact) mass is 569 g/mol. The predicted molar refractivity (Wildman–Crippen MR) is 171 cm³/mol. The van der Waals surface area contributed by atoms with Gasteiger partial charge in [0.1, 0.15) is 11.6 Å². The van der Waals surface area contributed by atoms with Crippen LogP contribution in [0.3, 0.4) is 0 Å². The minimum Gasteiger partial charge on any atom is -0.438 e. The standard InChI is InChI=1S/C34H31N7O2/c1-22(2)29-21-31(41(40-29)25-15-13-23(3)14-16-25)38-34(42)37-28-17-18-30(27-12-8-7-11-26(27)28)43-32-19-20-35-33(39-32)36-24-9-5-4-6-10-24/h4-22H,1-3H3,(H,35,36,39)(H2,37,38,42). The van der Waals surface area contributed by atoms with Crippen LogP contribution in [-0.4, -0.2) is 25.8 Å². The summed E-state index contributed by atoms with van der Waals surface area (Å²) in [6.45, 7) is 6.18. The van der Waals surface area contributed by atoms with Gasteiger partial charge in [-0.3, -0.25) is 5.32 Å². The van der Waals surface area contributed by atoms with Gasteiger partial charge in [-0.05, 0) is 49.2 Å². The largest absolute Gasteiger partial charge is 0.438 e. The molecule has 43 heavy (non-hydrogen) atoms. The Bertz CT molecular complexity index is 1880. The van der Waals surface area contributed by atoms with Crippen molar-refractivity contribution in [3.63, 3.8) is 0 Å². The smallest absolute Gasteiger partial charge is 0.324 e. The van der Waals surface area contributed by atoms with Crippen molar-refractivity contribution in [2.45, 2.75) is 26.7 Å². The van der Waals surface area contributed by atoms with Crippen LogP contribution in [0.1, 0.15) is 31.0 Å². The van der Waals surface area contributed by atoms with E-state index in [0.717, 1.165) is 33.4 Å². The maximum Gasteiger partial charge on any atom is 0.324 e. The van der Waals surface area contributed by atoms with Gasteiger partial charge in [0.05, 0.1) is 17.1 Å². The number of amides is 2. The van der Waals surface area contributed by atoms with Crippen LogP contribution in [0.4, 0.5) is 27.9 Å². The Morgan fingerprint density at radius 1 is 0.837 bits per heavy atom. The van der Waals surface area contributed by atoms with Gasteiger partial charge in [0, 0.05) is 34.8 Å². The number of carbonyl (C=O) groups is 1. The molecule has 6 aromatic rings. The van der Waals surface area contributed by atoms with E-state index in [4.69, 9.17) is 9.84 Å². The number of hydrogen-bond donors (Lipinski definition) is 3. The van der Waals surface area contributed by atoms with E-state index in [1.807, 2.05) is 104 Å². The number of fused-ring (bicyclic) bond motifs is 1. The number of anilines is 4. The van der Waals surface area contributed by atoms with Crippen molar-refractivity contribution in [1.82, 2.24) is 19.7 Å². The maximum absolute atomic E-state index is 13.3. The molecular formula is C34H31N7O2. The van der Waals surface area contributed by atoms with E-state index in [1.54, 1.807) is 16.9 Å². The number of ether oxygens (including phenoxy) is 1. The molecule has 2 amide bonds. The molecule has 3 N–H and O–H groups in total. The number of urea groups is 1. The van der Waals surface area contributed by atoms with Gasteiger partial charge < -0.3 is 15.4 Å². The number of benzene rings is 4. The summed E-state index contributed by atoms with van der Waals surface area (Å²) in [5, 5.41) is 15.6. The highest BCUT2D eigenvalue weighted by Crippen LogP contribution is 2.34. The number of rotatable bonds is 8. The third-order valence-electron chi connectivity index (χ3n) is 6.85. The lowest BCUT2D eigenvalue weighted by Gasteiger charge is -2.14. The number of nitrogens with zero attached hydrogens (tertiary/aromatic N) is 4. The van der Waals surface area contributed by atoms with Crippen LogP contribution in [0.15, 0.2) is 109 Å². The molecule has 0 saturated carbocycles. The summed E-state index contributed by atoms with van der Waals surface area (Å²) in [5.41, 5.74) is 4.41. The summed E-state index contributed by atoms with van der Waals surface area (Å²) < 4.78 is 7.95. The molecule has 4 aromatic carbocycles. The lowest BCUT2D eigenvalue weighted by Crippen LogP contribution is -2.21. The highest BCUT2D eigenvalue weighted by atomic mass is 16.5. The number of aromatic nitrogens is 4. The maximum atomic E-state index is 13.3. The molecule has 0 fully saturated rings. The van der Waals surface area contributed by atoms with Crippen molar-refractivity contribution in [3.05, 3.63) is 121 Å². The third-order valence-corrected chi connectivity index (χ3v) is 6.85. The normalized spacial score (nSPS) is 11.0. The Morgan fingerprint density at radius 2 is 1.58 bits per heavy atom. The Morgan fingerprint density at radius 3 is 2.35 bits per heavy atom. The number of para-hydroxylation sites is 1. The molecule has 0 aliphatic heterocycles. The predicted octanol–water partition coefficient (Wildman–Crippen LogP) is 8.43. The minimum absolute atomic E-state index is 0.201. The quantitative estimate of drug-likeness (QED) is 0.170. The van der Waals surface area contributed by atoms with E-state index < -0.39 is 0 Å². The number of aryl methyl sites for hydroxylation is 1. The van der Waals surface area contributed by atoms with Crippen molar-refractivity contribution in [1.29, 1.82) is 0 Å². The molecule has 2 aromatic heterocycles. The first-order chi connectivity index (χ1) is 20.9. The Balaban J connectivity index is 1.23. The molecule has 0 saturated heterocycles. The number of carbonyl (C=O) groups excluding carboxylic acids is 1. The molecule has 2 heterocycles. The fraction of sp³-hybridized carbons (Fsp3) is 0.118. The first-order valence-corrected chi connectivity index (χ1v) is 14.0. The zero-order valence-electron chi connectivity index (χ0n) is 24.1. The summed E-state index contributed by atoms with van der Waals surface area (Å²) in [5.74, 6) is 2.20. The first-order valence-electron chi connectivity index (χ1n) is 14.0. The molecule has 9 heteroatoms. The molecule has 0 bridgehead atoms. The van der Waals surface area contributed by atoms with Gasteiger partial charge in [-0.15, -0.1) is 0 Å².